The quantitative estimate of drug-likeness (QED) is 0.918. The molecule has 4 nitrogen and oxygen atoms in total. The predicted octanol–water partition coefficient (Wildman–Crippen LogP) is 3.63. The van der Waals surface area contributed by atoms with Crippen molar-refractivity contribution in [2.24, 2.45) is 0 Å². The molecular formula is C14H15BrN2O2. The maximum Gasteiger partial charge on any atom is 0.339 e. The first kappa shape index (κ1) is 13.8. The fourth-order valence-corrected chi connectivity index (χ4v) is 2.31. The third-order valence-corrected chi connectivity index (χ3v) is 3.42. The largest absolute Gasteiger partial charge is 0.478 e. The number of benzene rings is 1. The molecule has 1 aromatic heterocycles. The molecule has 1 heterocycles. The molecule has 5 heteroatoms. The molecule has 2 rings (SSSR count). The molecule has 0 unspecified atom stereocenters. The number of halogens is 1. The fraction of sp³-hybridized carbons (Fsp3) is 0.286. The Morgan fingerprint density at radius 3 is 2.42 bits per heavy atom. The first-order chi connectivity index (χ1) is 8.80. The fourth-order valence-electron chi connectivity index (χ4n) is 1.85. The molecule has 0 atom stereocenters. The summed E-state index contributed by atoms with van der Waals surface area (Å²) in [5, 5.41) is 13.7. The lowest BCUT2D eigenvalue weighted by molar-refractivity contribution is 0.0694. The third-order valence-electron chi connectivity index (χ3n) is 2.75. The van der Waals surface area contributed by atoms with Crippen LogP contribution in [0.4, 0.5) is 0 Å². The predicted molar refractivity (Wildman–Crippen MR) is 76.9 cm³/mol. The third kappa shape index (κ3) is 2.71. The Hall–Kier alpha value is -1.62. The lowest BCUT2D eigenvalue weighted by Crippen LogP contribution is -2.16. The van der Waals surface area contributed by atoms with Gasteiger partial charge in [0.2, 0.25) is 0 Å². The van der Waals surface area contributed by atoms with Crippen molar-refractivity contribution < 1.29 is 9.90 Å². The standard InChI is InChI=1S/C14H15BrN2O2/c1-14(2,3)12-9(13(18)19)8-17(16-12)11-7-5-4-6-10(11)15/h4-8H,1-3H3,(H,18,19). The number of para-hydroxylation sites is 1. The van der Waals surface area contributed by atoms with Crippen molar-refractivity contribution in [3.05, 3.63) is 46.2 Å². The summed E-state index contributed by atoms with van der Waals surface area (Å²) in [5.41, 5.74) is 1.32. The van der Waals surface area contributed by atoms with Gasteiger partial charge in [0.1, 0.15) is 5.56 Å². The monoisotopic (exact) mass is 322 g/mol. The van der Waals surface area contributed by atoms with Gasteiger partial charge in [-0.3, -0.25) is 0 Å². The van der Waals surface area contributed by atoms with Gasteiger partial charge >= 0.3 is 5.97 Å². The maximum absolute atomic E-state index is 11.3. The van der Waals surface area contributed by atoms with Crippen LogP contribution in [0.15, 0.2) is 34.9 Å². The average Bonchev–Trinajstić information content (AvgIpc) is 2.74. The zero-order valence-electron chi connectivity index (χ0n) is 11.0. The van der Waals surface area contributed by atoms with Crippen molar-refractivity contribution in [3.63, 3.8) is 0 Å². The van der Waals surface area contributed by atoms with E-state index in [1.807, 2.05) is 45.0 Å². The van der Waals surface area contributed by atoms with Gasteiger partial charge in [-0.05, 0) is 28.1 Å². The Labute approximate surface area is 120 Å². The van der Waals surface area contributed by atoms with Gasteiger partial charge in [0.15, 0.2) is 0 Å². The molecule has 0 saturated heterocycles. The van der Waals surface area contributed by atoms with Crippen LogP contribution in [0.3, 0.4) is 0 Å². The second-order valence-electron chi connectivity index (χ2n) is 5.34. The Morgan fingerprint density at radius 1 is 1.32 bits per heavy atom. The van der Waals surface area contributed by atoms with Gasteiger partial charge in [0.25, 0.3) is 0 Å². The van der Waals surface area contributed by atoms with Crippen LogP contribution in [0.25, 0.3) is 5.69 Å². The van der Waals surface area contributed by atoms with Crippen LogP contribution < -0.4 is 0 Å². The first-order valence-corrected chi connectivity index (χ1v) is 6.68. The van der Waals surface area contributed by atoms with Gasteiger partial charge in [0, 0.05) is 16.1 Å². The molecular weight excluding hydrogens is 308 g/mol. The zero-order valence-corrected chi connectivity index (χ0v) is 12.6. The number of nitrogens with zero attached hydrogens (tertiary/aromatic N) is 2. The molecule has 0 aliphatic carbocycles. The van der Waals surface area contributed by atoms with Gasteiger partial charge in [-0.1, -0.05) is 32.9 Å². The van der Waals surface area contributed by atoms with Crippen molar-refractivity contribution in [2.75, 3.05) is 0 Å². The minimum absolute atomic E-state index is 0.239. The topological polar surface area (TPSA) is 55.1 Å². The molecule has 0 aliphatic rings. The number of carboxylic acids is 1. The molecule has 1 aromatic carbocycles. The number of rotatable bonds is 2. The highest BCUT2D eigenvalue weighted by Gasteiger charge is 2.26. The molecule has 1 N–H and O–H groups in total. The highest BCUT2D eigenvalue weighted by molar-refractivity contribution is 9.10. The number of hydrogen-bond acceptors (Lipinski definition) is 2. The molecule has 19 heavy (non-hydrogen) atoms. The van der Waals surface area contributed by atoms with E-state index in [1.165, 1.54) is 0 Å². The number of hydrogen-bond donors (Lipinski definition) is 1. The SMILES string of the molecule is CC(C)(C)c1nn(-c2ccccc2Br)cc1C(=O)O. The second kappa shape index (κ2) is 4.81. The van der Waals surface area contributed by atoms with Crippen molar-refractivity contribution in [3.8, 4) is 5.69 Å². The van der Waals surface area contributed by atoms with Gasteiger partial charge in [-0.15, -0.1) is 0 Å². The van der Waals surface area contributed by atoms with E-state index in [0.717, 1.165) is 10.2 Å². The van der Waals surface area contributed by atoms with Gasteiger partial charge in [-0.25, -0.2) is 9.48 Å². The number of aromatic nitrogens is 2. The van der Waals surface area contributed by atoms with E-state index in [1.54, 1.807) is 10.9 Å². The molecule has 0 aliphatic heterocycles. The highest BCUT2D eigenvalue weighted by atomic mass is 79.9. The van der Waals surface area contributed by atoms with Gasteiger partial charge in [-0.2, -0.15) is 5.10 Å². The van der Waals surface area contributed by atoms with Crippen molar-refractivity contribution in [1.82, 2.24) is 9.78 Å². The Kier molecular flexibility index (Phi) is 3.49. The van der Waals surface area contributed by atoms with Crippen LogP contribution in [-0.4, -0.2) is 20.9 Å². The molecule has 0 fully saturated rings. The van der Waals surface area contributed by atoms with E-state index in [0.29, 0.717) is 5.69 Å². The van der Waals surface area contributed by atoms with Crippen LogP contribution in [0.2, 0.25) is 0 Å². The summed E-state index contributed by atoms with van der Waals surface area (Å²) in [5.74, 6) is -0.955. The summed E-state index contributed by atoms with van der Waals surface area (Å²) in [6.45, 7) is 5.85. The molecule has 0 spiro atoms. The number of aromatic carboxylic acids is 1. The lowest BCUT2D eigenvalue weighted by atomic mass is 9.90. The van der Waals surface area contributed by atoms with Crippen LogP contribution in [0.5, 0.6) is 0 Å². The molecule has 2 aromatic rings. The van der Waals surface area contributed by atoms with Crippen LogP contribution in [-0.2, 0) is 5.41 Å². The Balaban J connectivity index is 2.62. The normalized spacial score (nSPS) is 11.6. The Bertz CT molecular complexity index is 627. The minimum Gasteiger partial charge on any atom is -0.478 e. The molecule has 0 radical (unpaired) electrons. The molecule has 0 saturated carbocycles. The summed E-state index contributed by atoms with van der Waals surface area (Å²) in [6, 6.07) is 7.57. The van der Waals surface area contributed by atoms with Crippen molar-refractivity contribution in [1.29, 1.82) is 0 Å². The van der Waals surface area contributed by atoms with Crippen LogP contribution in [0.1, 0.15) is 36.8 Å². The lowest BCUT2D eigenvalue weighted by Gasteiger charge is -2.16. The Morgan fingerprint density at radius 2 is 1.95 bits per heavy atom. The maximum atomic E-state index is 11.3. The highest BCUT2D eigenvalue weighted by Crippen LogP contribution is 2.27. The van der Waals surface area contributed by atoms with Gasteiger partial charge < -0.3 is 5.11 Å². The summed E-state index contributed by atoms with van der Waals surface area (Å²) in [4.78, 5) is 11.3. The number of carbonyl (C=O) groups is 1. The molecule has 100 valence electrons. The molecule has 0 bridgehead atoms. The smallest absolute Gasteiger partial charge is 0.339 e. The van der Waals surface area contributed by atoms with Crippen molar-refractivity contribution in [2.45, 2.75) is 26.2 Å². The van der Waals surface area contributed by atoms with E-state index in [-0.39, 0.29) is 11.0 Å². The summed E-state index contributed by atoms with van der Waals surface area (Å²) < 4.78 is 2.48. The zero-order chi connectivity index (χ0) is 14.2. The van der Waals surface area contributed by atoms with E-state index in [2.05, 4.69) is 21.0 Å². The summed E-state index contributed by atoms with van der Waals surface area (Å²) >= 11 is 3.45. The summed E-state index contributed by atoms with van der Waals surface area (Å²) in [7, 11) is 0. The van der Waals surface area contributed by atoms with Crippen LogP contribution in [0, 0.1) is 0 Å². The van der Waals surface area contributed by atoms with Crippen LogP contribution >= 0.6 is 15.9 Å². The molecule has 0 amide bonds. The van der Waals surface area contributed by atoms with E-state index in [9.17, 15) is 9.90 Å². The van der Waals surface area contributed by atoms with Crippen molar-refractivity contribution >= 4 is 21.9 Å². The second-order valence-corrected chi connectivity index (χ2v) is 6.20. The van der Waals surface area contributed by atoms with E-state index < -0.39 is 5.97 Å². The average molecular weight is 323 g/mol. The van der Waals surface area contributed by atoms with Gasteiger partial charge in [0.05, 0.1) is 11.4 Å². The number of carboxylic acid groups (broad SMARTS) is 1. The van der Waals surface area contributed by atoms with E-state index in [4.69, 9.17) is 0 Å². The first-order valence-electron chi connectivity index (χ1n) is 5.89. The van der Waals surface area contributed by atoms with E-state index >= 15 is 0 Å². The minimum atomic E-state index is -0.955. The summed E-state index contributed by atoms with van der Waals surface area (Å²) in [6.07, 6.45) is 1.56.